The van der Waals surface area contributed by atoms with E-state index in [1.807, 2.05) is 0 Å². The molecule has 3 N–H and O–H groups in total. The summed E-state index contributed by atoms with van der Waals surface area (Å²) in [6.07, 6.45) is -11.4. The van der Waals surface area contributed by atoms with Crippen molar-refractivity contribution < 1.29 is 46.5 Å². The molecule has 2 aliphatic rings. The second-order valence-electron chi connectivity index (χ2n) is 8.33. The standard InChI is InChI=1S/C23H18F6O4S2/c24-22(25,26)12-1-5-14(6-2-12)34-16-11-20(33)10-9-17(30)21(18(16)31,19(20)32)35-15-7-3-13(4-8-15)23(27,28)29/h1-8,11,17,19,30,32-33H,9-10H2/t17-,19+,20?,21-/m1/s1. The summed E-state index contributed by atoms with van der Waals surface area (Å²) in [7, 11) is 0. The summed E-state index contributed by atoms with van der Waals surface area (Å²) in [6.45, 7) is 0. The SMILES string of the molecule is O=C1C(Sc2ccc(C(F)(F)F)cc2)=CC2(O)CC[C@@H](O)[C@]1(Sc1ccc(C(F)(F)F)cc1)[C@H]2O. The van der Waals surface area contributed by atoms with Crippen LogP contribution in [-0.4, -0.2) is 43.7 Å². The molecule has 2 aromatic rings. The molecule has 12 heteroatoms. The van der Waals surface area contributed by atoms with Crippen LogP contribution in [0.1, 0.15) is 24.0 Å². The van der Waals surface area contributed by atoms with Crippen molar-refractivity contribution in [2.45, 2.75) is 57.5 Å². The molecule has 2 aliphatic carbocycles. The van der Waals surface area contributed by atoms with Gasteiger partial charge in [0.15, 0.2) is 5.78 Å². The summed E-state index contributed by atoms with van der Waals surface area (Å²) in [5.41, 5.74) is -3.74. The van der Waals surface area contributed by atoms with Gasteiger partial charge in [0, 0.05) is 9.79 Å². The van der Waals surface area contributed by atoms with Crippen LogP contribution in [0.25, 0.3) is 0 Å². The smallest absolute Gasteiger partial charge is 0.391 e. The van der Waals surface area contributed by atoms with E-state index in [4.69, 9.17) is 0 Å². The Hall–Kier alpha value is -1.99. The van der Waals surface area contributed by atoms with Crippen molar-refractivity contribution in [1.29, 1.82) is 0 Å². The van der Waals surface area contributed by atoms with Crippen molar-refractivity contribution in [1.82, 2.24) is 0 Å². The first-order valence-electron chi connectivity index (χ1n) is 10.2. The zero-order valence-electron chi connectivity index (χ0n) is 17.6. The molecule has 0 heterocycles. The molecular formula is C23H18F6O4S2. The Kier molecular flexibility index (Phi) is 6.59. The minimum absolute atomic E-state index is 0.0678. The third-order valence-corrected chi connectivity index (χ3v) is 8.59. The van der Waals surface area contributed by atoms with Crippen LogP contribution < -0.4 is 0 Å². The normalized spacial score (nSPS) is 29.2. The van der Waals surface area contributed by atoms with Crippen LogP contribution >= 0.6 is 23.5 Å². The zero-order valence-corrected chi connectivity index (χ0v) is 19.2. The van der Waals surface area contributed by atoms with E-state index < -0.39 is 51.8 Å². The van der Waals surface area contributed by atoms with Crippen molar-refractivity contribution in [3.63, 3.8) is 0 Å². The highest BCUT2D eigenvalue weighted by Crippen LogP contribution is 2.54. The van der Waals surface area contributed by atoms with Crippen molar-refractivity contribution in [2.24, 2.45) is 0 Å². The lowest BCUT2D eigenvalue weighted by Gasteiger charge is -2.52. The maximum absolute atomic E-state index is 13.6. The third-order valence-electron chi connectivity index (χ3n) is 6.03. The summed E-state index contributed by atoms with van der Waals surface area (Å²) in [4.78, 5) is 13.9. The van der Waals surface area contributed by atoms with Gasteiger partial charge >= 0.3 is 12.4 Å². The summed E-state index contributed by atoms with van der Waals surface area (Å²) >= 11 is 1.42. The minimum atomic E-state index is -4.58. The summed E-state index contributed by atoms with van der Waals surface area (Å²) in [5.74, 6) is -0.781. The number of aliphatic hydroxyl groups excluding tert-OH is 2. The van der Waals surface area contributed by atoms with Gasteiger partial charge in [-0.15, -0.1) is 11.8 Å². The van der Waals surface area contributed by atoms with Crippen LogP contribution in [0.3, 0.4) is 0 Å². The highest BCUT2D eigenvalue weighted by molar-refractivity contribution is 8.05. The number of halogens is 6. The molecule has 0 amide bonds. The number of allylic oxidation sites excluding steroid dienone is 1. The monoisotopic (exact) mass is 536 g/mol. The van der Waals surface area contributed by atoms with E-state index in [1.54, 1.807) is 0 Å². The largest absolute Gasteiger partial charge is 0.416 e. The Morgan fingerprint density at radius 3 is 1.80 bits per heavy atom. The molecule has 1 unspecified atom stereocenters. The molecule has 2 aromatic carbocycles. The summed E-state index contributed by atoms with van der Waals surface area (Å²) < 4.78 is 75.3. The fraction of sp³-hybridized carbons (Fsp3) is 0.348. The van der Waals surface area contributed by atoms with E-state index in [0.29, 0.717) is 11.8 Å². The van der Waals surface area contributed by atoms with Gasteiger partial charge in [-0.3, -0.25) is 4.79 Å². The van der Waals surface area contributed by atoms with Crippen LogP contribution in [0.2, 0.25) is 0 Å². The van der Waals surface area contributed by atoms with Crippen LogP contribution in [0.5, 0.6) is 0 Å². The first kappa shape index (κ1) is 26.1. The van der Waals surface area contributed by atoms with Gasteiger partial charge in [0.05, 0.1) is 22.1 Å². The van der Waals surface area contributed by atoms with Crippen LogP contribution in [0.4, 0.5) is 26.3 Å². The van der Waals surface area contributed by atoms with E-state index in [2.05, 4.69) is 0 Å². The van der Waals surface area contributed by atoms with E-state index in [-0.39, 0.29) is 27.5 Å². The molecule has 35 heavy (non-hydrogen) atoms. The predicted molar refractivity (Wildman–Crippen MR) is 117 cm³/mol. The predicted octanol–water partition coefficient (Wildman–Crippen LogP) is 5.06. The second-order valence-corrected chi connectivity index (χ2v) is 10.8. The van der Waals surface area contributed by atoms with Crippen molar-refractivity contribution >= 4 is 29.3 Å². The quantitative estimate of drug-likeness (QED) is 0.475. The maximum atomic E-state index is 13.6. The first-order chi connectivity index (χ1) is 16.2. The lowest BCUT2D eigenvalue weighted by molar-refractivity contribution is -0.149. The number of thioether (sulfide) groups is 2. The highest BCUT2D eigenvalue weighted by atomic mass is 32.2. The van der Waals surface area contributed by atoms with Crippen LogP contribution in [0.15, 0.2) is 69.3 Å². The summed E-state index contributed by atoms with van der Waals surface area (Å²) in [6, 6.07) is 7.77. The van der Waals surface area contributed by atoms with Crippen LogP contribution in [0, 0.1) is 0 Å². The number of rotatable bonds is 4. The lowest BCUT2D eigenvalue weighted by atomic mass is 9.67. The number of fused-ring (bicyclic) bond motifs is 2. The van der Waals surface area contributed by atoms with Gasteiger partial charge in [-0.2, -0.15) is 26.3 Å². The molecule has 2 bridgehead atoms. The van der Waals surface area contributed by atoms with Gasteiger partial charge in [-0.05, 0) is 67.4 Å². The molecule has 1 fully saturated rings. The Balaban J connectivity index is 1.69. The van der Waals surface area contributed by atoms with Crippen molar-refractivity contribution in [3.05, 3.63) is 70.6 Å². The Bertz CT molecular complexity index is 1150. The molecule has 1 saturated carbocycles. The number of hydrogen-bond acceptors (Lipinski definition) is 6. The Morgan fingerprint density at radius 1 is 0.829 bits per heavy atom. The zero-order chi connectivity index (χ0) is 25.8. The van der Waals surface area contributed by atoms with Crippen LogP contribution in [-0.2, 0) is 17.1 Å². The number of benzene rings is 2. The summed E-state index contributed by atoms with van der Waals surface area (Å²) in [5, 5.41) is 32.9. The molecule has 4 rings (SSSR count). The average Bonchev–Trinajstić information content (AvgIpc) is 2.77. The fourth-order valence-corrected chi connectivity index (χ4v) is 6.73. The molecule has 0 aliphatic heterocycles. The van der Waals surface area contributed by atoms with Crippen molar-refractivity contribution in [2.75, 3.05) is 0 Å². The number of Topliss-reactive ketones (excluding diaryl/α,β-unsaturated/α-hetero) is 1. The van der Waals surface area contributed by atoms with Gasteiger partial charge in [0.25, 0.3) is 0 Å². The fourth-order valence-electron chi connectivity index (χ4n) is 4.18. The van der Waals surface area contributed by atoms with E-state index in [0.717, 1.165) is 66.4 Å². The molecule has 4 nitrogen and oxygen atoms in total. The molecule has 0 spiro atoms. The lowest BCUT2D eigenvalue weighted by Crippen LogP contribution is -2.69. The highest BCUT2D eigenvalue weighted by Gasteiger charge is 2.64. The number of carbonyl (C=O) groups excluding carboxylic acids is 1. The Labute approximate surface area is 204 Å². The number of ketones is 1. The number of hydrogen-bond donors (Lipinski definition) is 3. The first-order valence-corrected chi connectivity index (χ1v) is 11.9. The molecule has 188 valence electrons. The van der Waals surface area contributed by atoms with Gasteiger partial charge in [-0.25, -0.2) is 0 Å². The number of carbonyl (C=O) groups is 1. The Morgan fingerprint density at radius 2 is 1.31 bits per heavy atom. The number of aliphatic hydroxyl groups is 3. The maximum Gasteiger partial charge on any atom is 0.416 e. The molecule has 4 atom stereocenters. The van der Waals surface area contributed by atoms with Gasteiger partial charge in [0.1, 0.15) is 16.5 Å². The average molecular weight is 537 g/mol. The third kappa shape index (κ3) is 4.74. The van der Waals surface area contributed by atoms with Crippen molar-refractivity contribution in [3.8, 4) is 0 Å². The van der Waals surface area contributed by atoms with Gasteiger partial charge < -0.3 is 15.3 Å². The van der Waals surface area contributed by atoms with E-state index >= 15 is 0 Å². The van der Waals surface area contributed by atoms with E-state index in [1.165, 1.54) is 0 Å². The molecule has 0 saturated heterocycles. The minimum Gasteiger partial charge on any atom is -0.391 e. The van der Waals surface area contributed by atoms with Gasteiger partial charge in [0.2, 0.25) is 0 Å². The topological polar surface area (TPSA) is 77.8 Å². The number of alkyl halides is 6. The molecule has 0 aromatic heterocycles. The molecule has 0 radical (unpaired) electrons. The second kappa shape index (κ2) is 8.84. The molecular weight excluding hydrogens is 518 g/mol. The van der Waals surface area contributed by atoms with Gasteiger partial charge in [-0.1, -0.05) is 11.8 Å². The van der Waals surface area contributed by atoms with E-state index in [9.17, 15) is 46.5 Å².